The molecule has 2 unspecified atom stereocenters. The summed E-state index contributed by atoms with van der Waals surface area (Å²) in [4.78, 5) is 10.7. The van der Waals surface area contributed by atoms with Crippen LogP contribution in [0.4, 0.5) is 5.69 Å². The van der Waals surface area contributed by atoms with Gasteiger partial charge in [0.15, 0.2) is 0 Å². The molecule has 0 saturated heterocycles. The van der Waals surface area contributed by atoms with Gasteiger partial charge in [-0.2, -0.15) is 0 Å². The summed E-state index contributed by atoms with van der Waals surface area (Å²) in [6, 6.07) is 7.56. The Balaban J connectivity index is 2.62. The number of hydrogen-bond donors (Lipinski definition) is 2. The number of carbonyl (C=O) groups is 1. The lowest BCUT2D eigenvalue weighted by Gasteiger charge is -2.18. The highest BCUT2D eigenvalue weighted by Crippen LogP contribution is 2.16. The largest absolute Gasteiger partial charge is 0.481 e. The molecule has 2 N–H and O–H groups in total. The molecule has 0 fully saturated rings. The van der Waals surface area contributed by atoms with Gasteiger partial charge in [-0.15, -0.1) is 0 Å². The SMILES string of the molecule is CC(Nc1ccc(Br)cc1)C(C)C(=O)O. The molecule has 0 amide bonds. The van der Waals surface area contributed by atoms with Crippen molar-refractivity contribution >= 4 is 27.6 Å². The molecule has 1 rings (SSSR count). The second kappa shape index (κ2) is 5.16. The average molecular weight is 272 g/mol. The second-order valence-corrected chi connectivity index (χ2v) is 4.48. The van der Waals surface area contributed by atoms with Crippen LogP contribution in [0.25, 0.3) is 0 Å². The molecule has 0 aliphatic heterocycles. The molecule has 3 nitrogen and oxygen atoms in total. The molecule has 1 aromatic rings. The number of halogens is 1. The highest BCUT2D eigenvalue weighted by molar-refractivity contribution is 9.10. The maximum Gasteiger partial charge on any atom is 0.308 e. The lowest BCUT2D eigenvalue weighted by atomic mass is 10.0. The van der Waals surface area contributed by atoms with Crippen LogP contribution >= 0.6 is 15.9 Å². The molecule has 0 radical (unpaired) electrons. The minimum absolute atomic E-state index is 0.0938. The smallest absolute Gasteiger partial charge is 0.308 e. The summed E-state index contributed by atoms with van der Waals surface area (Å²) in [5, 5.41) is 12.0. The first-order valence-corrected chi connectivity index (χ1v) is 5.55. The van der Waals surface area contributed by atoms with Gasteiger partial charge >= 0.3 is 5.97 Å². The Labute approximate surface area is 97.6 Å². The van der Waals surface area contributed by atoms with E-state index in [0.717, 1.165) is 10.2 Å². The van der Waals surface area contributed by atoms with Crippen LogP contribution in [0, 0.1) is 5.92 Å². The van der Waals surface area contributed by atoms with E-state index in [4.69, 9.17) is 5.11 Å². The van der Waals surface area contributed by atoms with Crippen LogP contribution < -0.4 is 5.32 Å². The van der Waals surface area contributed by atoms with Gasteiger partial charge in [0.05, 0.1) is 5.92 Å². The van der Waals surface area contributed by atoms with Crippen molar-refractivity contribution in [1.29, 1.82) is 0 Å². The van der Waals surface area contributed by atoms with Gasteiger partial charge in [-0.25, -0.2) is 0 Å². The van der Waals surface area contributed by atoms with Gasteiger partial charge in [0, 0.05) is 16.2 Å². The Morgan fingerprint density at radius 3 is 2.33 bits per heavy atom. The Morgan fingerprint density at radius 1 is 1.33 bits per heavy atom. The van der Waals surface area contributed by atoms with Crippen molar-refractivity contribution in [3.8, 4) is 0 Å². The number of carboxylic acid groups (broad SMARTS) is 1. The third-order valence-corrected chi connectivity index (χ3v) is 2.91. The van der Waals surface area contributed by atoms with Crippen molar-refractivity contribution in [3.05, 3.63) is 28.7 Å². The number of hydrogen-bond acceptors (Lipinski definition) is 2. The van der Waals surface area contributed by atoms with Crippen molar-refractivity contribution in [3.63, 3.8) is 0 Å². The zero-order chi connectivity index (χ0) is 11.4. The van der Waals surface area contributed by atoms with Crippen molar-refractivity contribution < 1.29 is 9.90 Å². The van der Waals surface area contributed by atoms with E-state index >= 15 is 0 Å². The molecule has 4 heteroatoms. The van der Waals surface area contributed by atoms with E-state index in [-0.39, 0.29) is 6.04 Å². The number of aliphatic carboxylic acids is 1. The van der Waals surface area contributed by atoms with E-state index < -0.39 is 11.9 Å². The summed E-state index contributed by atoms with van der Waals surface area (Å²) >= 11 is 3.34. The Kier molecular flexibility index (Phi) is 4.15. The van der Waals surface area contributed by atoms with Gasteiger partial charge in [0.1, 0.15) is 0 Å². The number of carboxylic acids is 1. The third kappa shape index (κ3) is 3.55. The monoisotopic (exact) mass is 271 g/mol. The molecule has 15 heavy (non-hydrogen) atoms. The third-order valence-electron chi connectivity index (χ3n) is 2.38. The first-order chi connectivity index (χ1) is 7.00. The van der Waals surface area contributed by atoms with Crippen molar-refractivity contribution in [2.75, 3.05) is 5.32 Å². The molecule has 0 aromatic heterocycles. The summed E-state index contributed by atoms with van der Waals surface area (Å²) in [6.07, 6.45) is 0. The van der Waals surface area contributed by atoms with E-state index in [1.54, 1.807) is 6.92 Å². The molecule has 0 spiro atoms. The van der Waals surface area contributed by atoms with Crippen LogP contribution in [0.15, 0.2) is 28.7 Å². The highest BCUT2D eigenvalue weighted by Gasteiger charge is 2.18. The van der Waals surface area contributed by atoms with Crippen LogP contribution in [-0.4, -0.2) is 17.1 Å². The molecule has 2 atom stereocenters. The lowest BCUT2D eigenvalue weighted by molar-refractivity contribution is -0.141. The van der Waals surface area contributed by atoms with Crippen molar-refractivity contribution in [2.45, 2.75) is 19.9 Å². The molecule has 82 valence electrons. The van der Waals surface area contributed by atoms with E-state index in [1.165, 1.54) is 0 Å². The highest BCUT2D eigenvalue weighted by atomic mass is 79.9. The Bertz CT molecular complexity index is 337. The number of nitrogens with one attached hydrogen (secondary N) is 1. The molecule has 0 saturated carbocycles. The van der Waals surface area contributed by atoms with Gasteiger partial charge in [0.2, 0.25) is 0 Å². The molecule has 1 aromatic carbocycles. The first kappa shape index (κ1) is 12.0. The van der Waals surface area contributed by atoms with E-state index in [0.29, 0.717) is 0 Å². The topological polar surface area (TPSA) is 49.3 Å². The fourth-order valence-corrected chi connectivity index (χ4v) is 1.41. The fourth-order valence-electron chi connectivity index (χ4n) is 1.15. The molecule has 0 aliphatic carbocycles. The maximum absolute atomic E-state index is 10.7. The summed E-state index contributed by atoms with van der Waals surface area (Å²) in [5.41, 5.74) is 0.929. The predicted octanol–water partition coefficient (Wildman–Crippen LogP) is 2.97. The van der Waals surface area contributed by atoms with Crippen LogP contribution in [0.3, 0.4) is 0 Å². The standard InChI is InChI=1S/C11H14BrNO2/c1-7(11(14)15)8(2)13-10-5-3-9(12)4-6-10/h3-8,13H,1-2H3,(H,14,15). The van der Waals surface area contributed by atoms with Gasteiger partial charge in [-0.05, 0) is 38.1 Å². The number of anilines is 1. The number of benzene rings is 1. The zero-order valence-corrected chi connectivity index (χ0v) is 10.3. The molecular formula is C11H14BrNO2. The average Bonchev–Trinajstić information content (AvgIpc) is 2.20. The summed E-state index contributed by atoms with van der Waals surface area (Å²) in [7, 11) is 0. The van der Waals surface area contributed by atoms with Gasteiger partial charge in [-0.3, -0.25) is 4.79 Å². The van der Waals surface area contributed by atoms with Crippen LogP contribution in [-0.2, 0) is 4.79 Å². The van der Waals surface area contributed by atoms with Crippen LogP contribution in [0.5, 0.6) is 0 Å². The maximum atomic E-state index is 10.7. The normalized spacial score (nSPS) is 14.3. The van der Waals surface area contributed by atoms with Gasteiger partial charge in [-0.1, -0.05) is 15.9 Å². The predicted molar refractivity (Wildman–Crippen MR) is 64.0 cm³/mol. The van der Waals surface area contributed by atoms with Crippen molar-refractivity contribution in [2.24, 2.45) is 5.92 Å². The Morgan fingerprint density at radius 2 is 1.87 bits per heavy atom. The van der Waals surface area contributed by atoms with Gasteiger partial charge < -0.3 is 10.4 Å². The molecule has 0 bridgehead atoms. The molecule has 0 heterocycles. The van der Waals surface area contributed by atoms with E-state index in [2.05, 4.69) is 21.2 Å². The van der Waals surface area contributed by atoms with Crippen LogP contribution in [0.2, 0.25) is 0 Å². The summed E-state index contributed by atoms with van der Waals surface area (Å²) in [5.74, 6) is -1.19. The second-order valence-electron chi connectivity index (χ2n) is 3.57. The minimum atomic E-state index is -0.785. The Hall–Kier alpha value is -1.03. The van der Waals surface area contributed by atoms with E-state index in [9.17, 15) is 4.79 Å². The minimum Gasteiger partial charge on any atom is -0.481 e. The quantitative estimate of drug-likeness (QED) is 0.885. The number of rotatable bonds is 4. The summed E-state index contributed by atoms with van der Waals surface area (Å²) < 4.78 is 1.01. The first-order valence-electron chi connectivity index (χ1n) is 4.75. The van der Waals surface area contributed by atoms with Gasteiger partial charge in [0.25, 0.3) is 0 Å². The van der Waals surface area contributed by atoms with Crippen molar-refractivity contribution in [1.82, 2.24) is 0 Å². The lowest BCUT2D eigenvalue weighted by Crippen LogP contribution is -2.29. The summed E-state index contributed by atoms with van der Waals surface area (Å²) in [6.45, 7) is 3.56. The fraction of sp³-hybridized carbons (Fsp3) is 0.364. The molecular weight excluding hydrogens is 258 g/mol. The molecule has 0 aliphatic rings. The zero-order valence-electron chi connectivity index (χ0n) is 8.70. The van der Waals surface area contributed by atoms with Crippen LogP contribution in [0.1, 0.15) is 13.8 Å². The van der Waals surface area contributed by atoms with E-state index in [1.807, 2.05) is 31.2 Å².